The molecule has 1 saturated heterocycles. The third kappa shape index (κ3) is 3.22. The molecule has 1 aromatic carbocycles. The van der Waals surface area contributed by atoms with Gasteiger partial charge in [-0.05, 0) is 31.7 Å². The quantitative estimate of drug-likeness (QED) is 0.669. The van der Waals surface area contributed by atoms with Gasteiger partial charge in [0.15, 0.2) is 0 Å². The lowest BCUT2D eigenvalue weighted by atomic mass is 10.1. The van der Waals surface area contributed by atoms with E-state index in [0.717, 1.165) is 38.4 Å². The number of anilines is 2. The Morgan fingerprint density at radius 3 is 2.55 bits per heavy atom. The zero-order valence-electron chi connectivity index (χ0n) is 12.3. The number of carbonyl (C=O) groups is 1. The lowest BCUT2D eigenvalue weighted by Gasteiger charge is -2.35. The van der Waals surface area contributed by atoms with Crippen molar-refractivity contribution in [2.24, 2.45) is 0 Å². The molecule has 1 aliphatic heterocycles. The highest BCUT2D eigenvalue weighted by atomic mass is 16.5. The van der Waals surface area contributed by atoms with Crippen molar-refractivity contribution in [2.45, 2.75) is 13.8 Å². The molecule has 5 heteroatoms. The van der Waals surface area contributed by atoms with Gasteiger partial charge >= 0.3 is 5.97 Å². The minimum Gasteiger partial charge on any atom is -0.462 e. The number of nitrogen functional groups attached to an aromatic ring is 1. The molecule has 0 aliphatic carbocycles. The van der Waals surface area contributed by atoms with Crippen molar-refractivity contribution < 1.29 is 9.53 Å². The summed E-state index contributed by atoms with van der Waals surface area (Å²) in [7, 11) is 0. The zero-order valence-corrected chi connectivity index (χ0v) is 12.3. The first-order valence-electron chi connectivity index (χ1n) is 7.19. The highest BCUT2D eigenvalue weighted by Crippen LogP contribution is 2.23. The zero-order chi connectivity index (χ0) is 14.5. The summed E-state index contributed by atoms with van der Waals surface area (Å²) in [4.78, 5) is 16.6. The highest BCUT2D eigenvalue weighted by molar-refractivity contribution is 5.96. The summed E-state index contributed by atoms with van der Waals surface area (Å²) in [6.07, 6.45) is 0. The maximum Gasteiger partial charge on any atom is 0.340 e. The number of carbonyl (C=O) groups excluding carboxylic acids is 1. The number of ether oxygens (including phenoxy) is 1. The smallest absolute Gasteiger partial charge is 0.340 e. The molecule has 1 heterocycles. The maximum atomic E-state index is 11.9. The van der Waals surface area contributed by atoms with Gasteiger partial charge in [0, 0.05) is 37.6 Å². The molecule has 1 aliphatic rings. The fraction of sp³-hybridized carbons (Fsp3) is 0.533. The van der Waals surface area contributed by atoms with E-state index in [4.69, 9.17) is 10.5 Å². The van der Waals surface area contributed by atoms with E-state index in [2.05, 4.69) is 16.7 Å². The Hall–Kier alpha value is -1.75. The minimum atomic E-state index is -0.348. The number of rotatable bonds is 4. The van der Waals surface area contributed by atoms with Crippen LogP contribution in [0.25, 0.3) is 0 Å². The molecule has 0 atom stereocenters. The van der Waals surface area contributed by atoms with Crippen LogP contribution in [-0.4, -0.2) is 50.2 Å². The Kier molecular flexibility index (Phi) is 4.84. The number of nitrogens with zero attached hydrogens (tertiary/aromatic N) is 2. The van der Waals surface area contributed by atoms with E-state index >= 15 is 0 Å². The van der Waals surface area contributed by atoms with Crippen molar-refractivity contribution in [1.29, 1.82) is 0 Å². The molecule has 2 N–H and O–H groups in total. The largest absolute Gasteiger partial charge is 0.462 e. The van der Waals surface area contributed by atoms with Crippen molar-refractivity contribution in [3.63, 3.8) is 0 Å². The first-order chi connectivity index (χ1) is 9.65. The van der Waals surface area contributed by atoms with Crippen LogP contribution in [0.1, 0.15) is 24.2 Å². The molecule has 5 nitrogen and oxygen atoms in total. The molecule has 0 saturated carbocycles. The van der Waals surface area contributed by atoms with Gasteiger partial charge in [0.1, 0.15) is 0 Å². The summed E-state index contributed by atoms with van der Waals surface area (Å²) in [6.45, 7) is 9.46. The number of benzene rings is 1. The molecular weight excluding hydrogens is 254 g/mol. The normalized spacial score (nSPS) is 16.2. The van der Waals surface area contributed by atoms with Crippen LogP contribution in [0.15, 0.2) is 18.2 Å². The Labute approximate surface area is 120 Å². The Bertz CT molecular complexity index is 468. The van der Waals surface area contributed by atoms with E-state index in [1.807, 2.05) is 12.1 Å². The van der Waals surface area contributed by atoms with E-state index in [0.29, 0.717) is 17.9 Å². The van der Waals surface area contributed by atoms with Crippen molar-refractivity contribution in [2.75, 3.05) is 50.0 Å². The van der Waals surface area contributed by atoms with Gasteiger partial charge < -0.3 is 20.3 Å². The number of likely N-dealkylation sites (N-methyl/N-ethyl adjacent to an activating group) is 1. The topological polar surface area (TPSA) is 58.8 Å². The third-order valence-electron chi connectivity index (χ3n) is 3.72. The SMILES string of the molecule is CCOC(=O)c1cc(N2CCN(CC)CC2)ccc1N. The number of piperazine rings is 1. The average molecular weight is 277 g/mol. The van der Waals surface area contributed by atoms with Crippen LogP contribution < -0.4 is 10.6 Å². The molecule has 20 heavy (non-hydrogen) atoms. The second kappa shape index (κ2) is 6.61. The van der Waals surface area contributed by atoms with Crippen molar-refractivity contribution in [1.82, 2.24) is 4.90 Å². The molecule has 0 spiro atoms. The van der Waals surface area contributed by atoms with Crippen LogP contribution in [0.3, 0.4) is 0 Å². The van der Waals surface area contributed by atoms with Crippen LogP contribution in [0.4, 0.5) is 11.4 Å². The Balaban J connectivity index is 2.13. The summed E-state index contributed by atoms with van der Waals surface area (Å²) >= 11 is 0. The van der Waals surface area contributed by atoms with Crippen molar-refractivity contribution >= 4 is 17.3 Å². The molecule has 1 aromatic rings. The van der Waals surface area contributed by atoms with Gasteiger partial charge in [-0.25, -0.2) is 4.79 Å². The molecule has 0 bridgehead atoms. The summed E-state index contributed by atoms with van der Waals surface area (Å²) in [5, 5.41) is 0. The molecule has 2 rings (SSSR count). The molecule has 110 valence electrons. The Morgan fingerprint density at radius 1 is 1.25 bits per heavy atom. The first-order valence-corrected chi connectivity index (χ1v) is 7.19. The predicted molar refractivity (Wildman–Crippen MR) is 81.1 cm³/mol. The van der Waals surface area contributed by atoms with E-state index in [1.165, 1.54) is 0 Å². The molecular formula is C15H23N3O2. The van der Waals surface area contributed by atoms with Crippen LogP contribution in [-0.2, 0) is 4.74 Å². The van der Waals surface area contributed by atoms with Crippen molar-refractivity contribution in [3.05, 3.63) is 23.8 Å². The van der Waals surface area contributed by atoms with Crippen LogP contribution in [0.5, 0.6) is 0 Å². The summed E-state index contributed by atoms with van der Waals surface area (Å²) in [6, 6.07) is 5.60. The van der Waals surface area contributed by atoms with Gasteiger partial charge in [-0.1, -0.05) is 6.92 Å². The van der Waals surface area contributed by atoms with Gasteiger partial charge in [-0.2, -0.15) is 0 Å². The second-order valence-corrected chi connectivity index (χ2v) is 4.91. The lowest BCUT2D eigenvalue weighted by molar-refractivity contribution is 0.0527. The number of esters is 1. The highest BCUT2D eigenvalue weighted by Gasteiger charge is 2.18. The lowest BCUT2D eigenvalue weighted by Crippen LogP contribution is -2.46. The maximum absolute atomic E-state index is 11.9. The number of hydrogen-bond donors (Lipinski definition) is 1. The van der Waals surface area contributed by atoms with Gasteiger partial charge in [0.25, 0.3) is 0 Å². The van der Waals surface area contributed by atoms with Gasteiger partial charge in [-0.15, -0.1) is 0 Å². The average Bonchev–Trinajstić information content (AvgIpc) is 2.48. The van der Waals surface area contributed by atoms with Crippen LogP contribution >= 0.6 is 0 Å². The van der Waals surface area contributed by atoms with Crippen molar-refractivity contribution in [3.8, 4) is 0 Å². The van der Waals surface area contributed by atoms with E-state index in [1.54, 1.807) is 13.0 Å². The monoisotopic (exact) mass is 277 g/mol. The second-order valence-electron chi connectivity index (χ2n) is 4.91. The third-order valence-corrected chi connectivity index (χ3v) is 3.72. The molecule has 0 radical (unpaired) electrons. The minimum absolute atomic E-state index is 0.348. The number of nitrogens with two attached hydrogens (primary N) is 1. The summed E-state index contributed by atoms with van der Waals surface area (Å²) in [5.74, 6) is -0.348. The Morgan fingerprint density at radius 2 is 1.95 bits per heavy atom. The van der Waals surface area contributed by atoms with E-state index in [-0.39, 0.29) is 5.97 Å². The predicted octanol–water partition coefficient (Wildman–Crippen LogP) is 1.59. The van der Waals surface area contributed by atoms with Gasteiger partial charge in [0.2, 0.25) is 0 Å². The van der Waals surface area contributed by atoms with E-state index in [9.17, 15) is 4.79 Å². The molecule has 0 aromatic heterocycles. The van der Waals surface area contributed by atoms with Crippen LogP contribution in [0, 0.1) is 0 Å². The first kappa shape index (κ1) is 14.7. The summed E-state index contributed by atoms with van der Waals surface area (Å²) < 4.78 is 5.04. The molecule has 1 fully saturated rings. The molecule has 0 unspecified atom stereocenters. The number of hydrogen-bond acceptors (Lipinski definition) is 5. The molecule has 0 amide bonds. The van der Waals surface area contributed by atoms with Gasteiger partial charge in [-0.3, -0.25) is 0 Å². The fourth-order valence-electron chi connectivity index (χ4n) is 2.45. The van der Waals surface area contributed by atoms with Gasteiger partial charge in [0.05, 0.1) is 12.2 Å². The van der Waals surface area contributed by atoms with Crippen LogP contribution in [0.2, 0.25) is 0 Å². The summed E-state index contributed by atoms with van der Waals surface area (Å²) in [5.41, 5.74) is 7.84. The van der Waals surface area contributed by atoms with E-state index < -0.39 is 0 Å². The fourth-order valence-corrected chi connectivity index (χ4v) is 2.45. The standard InChI is InChI=1S/C15H23N3O2/c1-3-17-7-9-18(10-8-17)12-5-6-14(16)13(11-12)15(19)20-4-2/h5-6,11H,3-4,7-10,16H2,1-2H3.